The van der Waals surface area contributed by atoms with E-state index in [2.05, 4.69) is 21.2 Å². The molecule has 5 nitrogen and oxygen atoms in total. The molecule has 1 amide bonds. The van der Waals surface area contributed by atoms with E-state index in [1.165, 1.54) is 4.31 Å². The Morgan fingerprint density at radius 3 is 2.45 bits per heavy atom. The lowest BCUT2D eigenvalue weighted by Gasteiger charge is -2.30. The molecule has 0 unspecified atom stereocenters. The van der Waals surface area contributed by atoms with Gasteiger partial charge in [0.2, 0.25) is 5.91 Å². The molecule has 172 valence electrons. The summed E-state index contributed by atoms with van der Waals surface area (Å²) in [7, 11) is -3.62. The molecule has 0 fully saturated rings. The molecule has 0 saturated carbocycles. The Morgan fingerprint density at radius 2 is 1.73 bits per heavy atom. The summed E-state index contributed by atoms with van der Waals surface area (Å²) in [6.45, 7) is 2.44. The van der Waals surface area contributed by atoms with Crippen LogP contribution < -0.4 is 9.62 Å². The fourth-order valence-corrected chi connectivity index (χ4v) is 5.92. The summed E-state index contributed by atoms with van der Waals surface area (Å²) in [6, 6.07) is 22.4. The van der Waals surface area contributed by atoms with E-state index >= 15 is 0 Å². The average molecular weight is 527 g/mol. The lowest BCUT2D eigenvalue weighted by Crippen LogP contribution is -2.35. The van der Waals surface area contributed by atoms with Gasteiger partial charge < -0.3 is 5.32 Å². The third kappa shape index (κ3) is 5.47. The first-order valence-corrected chi connectivity index (χ1v) is 13.3. The molecule has 33 heavy (non-hydrogen) atoms. The maximum atomic E-state index is 13.3. The number of amides is 1. The molecule has 0 aliphatic carbocycles. The Balaban J connectivity index is 1.37. The van der Waals surface area contributed by atoms with E-state index in [0.717, 1.165) is 39.7 Å². The zero-order valence-corrected chi connectivity index (χ0v) is 20.9. The number of hydrogen-bond donors (Lipinski definition) is 1. The number of carbonyl (C=O) groups excluding carboxylic acids is 1. The van der Waals surface area contributed by atoms with Crippen LogP contribution in [-0.2, 0) is 27.7 Å². The zero-order valence-electron chi connectivity index (χ0n) is 18.5. The van der Waals surface area contributed by atoms with Gasteiger partial charge in [0.15, 0.2) is 0 Å². The van der Waals surface area contributed by atoms with Gasteiger partial charge in [0.05, 0.1) is 16.6 Å². The van der Waals surface area contributed by atoms with Crippen LogP contribution in [-0.4, -0.2) is 20.9 Å². The Bertz CT molecular complexity index is 1230. The molecule has 4 rings (SSSR count). The van der Waals surface area contributed by atoms with Gasteiger partial charge in [0, 0.05) is 17.4 Å². The number of anilines is 1. The van der Waals surface area contributed by atoms with Crippen molar-refractivity contribution in [2.45, 2.75) is 43.5 Å². The summed E-state index contributed by atoms with van der Waals surface area (Å²) < 4.78 is 29.0. The molecular formula is C26H27BrN2O3S. The van der Waals surface area contributed by atoms with Crippen molar-refractivity contribution < 1.29 is 13.2 Å². The van der Waals surface area contributed by atoms with Crippen molar-refractivity contribution in [1.29, 1.82) is 0 Å². The average Bonchev–Trinajstić information content (AvgIpc) is 2.83. The van der Waals surface area contributed by atoms with Crippen molar-refractivity contribution in [3.63, 3.8) is 0 Å². The third-order valence-electron chi connectivity index (χ3n) is 5.97. The zero-order chi connectivity index (χ0) is 23.4. The van der Waals surface area contributed by atoms with Crippen LogP contribution in [0.4, 0.5) is 5.69 Å². The first-order valence-electron chi connectivity index (χ1n) is 11.1. The minimum absolute atomic E-state index is 0.0351. The van der Waals surface area contributed by atoms with Crippen LogP contribution >= 0.6 is 15.9 Å². The molecule has 1 aliphatic rings. The number of nitrogens with zero attached hydrogens (tertiary/aromatic N) is 1. The topological polar surface area (TPSA) is 66.5 Å². The first kappa shape index (κ1) is 23.5. The summed E-state index contributed by atoms with van der Waals surface area (Å²) in [5, 5.41) is 3.02. The monoisotopic (exact) mass is 526 g/mol. The minimum atomic E-state index is -3.62. The second kappa shape index (κ2) is 10.1. The lowest BCUT2D eigenvalue weighted by atomic mass is 10.0. The third-order valence-corrected chi connectivity index (χ3v) is 8.32. The Morgan fingerprint density at radius 1 is 1.03 bits per heavy atom. The minimum Gasteiger partial charge on any atom is -0.350 e. The van der Waals surface area contributed by atoms with Crippen molar-refractivity contribution in [1.82, 2.24) is 5.32 Å². The number of carbonyl (C=O) groups is 1. The molecule has 0 bridgehead atoms. The summed E-state index contributed by atoms with van der Waals surface area (Å²) in [6.07, 6.45) is 2.59. The molecule has 1 N–H and O–H groups in total. The molecule has 1 heterocycles. The standard InChI is InChI=1S/C26H27BrN2O3S/c1-19(21-11-13-23(27)14-12-21)28-26(30)17-10-20-8-15-24(16-9-20)33(31,32)29-18-4-6-22-5-2-3-7-25(22)29/h2-3,5,7-9,11-16,19H,4,6,10,17-18H2,1H3,(H,28,30)/t19-/m1/s1. The van der Waals surface area contributed by atoms with Crippen molar-refractivity contribution in [3.8, 4) is 0 Å². The summed E-state index contributed by atoms with van der Waals surface area (Å²) >= 11 is 3.42. The normalized spacial score (nSPS) is 14.4. The van der Waals surface area contributed by atoms with Crippen LogP contribution in [0.3, 0.4) is 0 Å². The predicted octanol–water partition coefficient (Wildman–Crippen LogP) is 5.40. The van der Waals surface area contributed by atoms with Gasteiger partial charge >= 0.3 is 0 Å². The van der Waals surface area contributed by atoms with E-state index in [0.29, 0.717) is 19.4 Å². The Labute approximate surface area is 204 Å². The molecule has 0 radical (unpaired) electrons. The van der Waals surface area contributed by atoms with Gasteiger partial charge in [-0.25, -0.2) is 8.42 Å². The molecule has 3 aromatic rings. The van der Waals surface area contributed by atoms with Gasteiger partial charge in [-0.05, 0) is 73.2 Å². The highest BCUT2D eigenvalue weighted by molar-refractivity contribution is 9.10. The largest absolute Gasteiger partial charge is 0.350 e. The lowest BCUT2D eigenvalue weighted by molar-refractivity contribution is -0.121. The number of para-hydroxylation sites is 1. The number of rotatable bonds is 7. The van der Waals surface area contributed by atoms with Crippen LogP contribution in [0.2, 0.25) is 0 Å². The van der Waals surface area contributed by atoms with E-state index in [4.69, 9.17) is 0 Å². The molecule has 7 heteroatoms. The fourth-order valence-electron chi connectivity index (χ4n) is 4.11. The number of benzene rings is 3. The van der Waals surface area contributed by atoms with E-state index in [-0.39, 0.29) is 16.8 Å². The number of hydrogen-bond acceptors (Lipinski definition) is 3. The predicted molar refractivity (Wildman–Crippen MR) is 135 cm³/mol. The van der Waals surface area contributed by atoms with Gasteiger partial charge in [0.1, 0.15) is 0 Å². The van der Waals surface area contributed by atoms with Crippen molar-refractivity contribution >= 4 is 37.5 Å². The second-order valence-corrected chi connectivity index (χ2v) is 11.1. The van der Waals surface area contributed by atoms with Crippen LogP contribution in [0, 0.1) is 0 Å². The highest BCUT2D eigenvalue weighted by Crippen LogP contribution is 2.31. The van der Waals surface area contributed by atoms with Gasteiger partial charge in [-0.2, -0.15) is 0 Å². The summed E-state index contributed by atoms with van der Waals surface area (Å²) in [4.78, 5) is 12.7. The SMILES string of the molecule is C[C@@H](NC(=O)CCc1ccc(S(=O)(=O)N2CCCc3ccccc32)cc1)c1ccc(Br)cc1. The number of sulfonamides is 1. The smallest absolute Gasteiger partial charge is 0.264 e. The molecule has 0 aromatic heterocycles. The van der Waals surface area contributed by atoms with Gasteiger partial charge in [-0.1, -0.05) is 58.4 Å². The molecule has 1 atom stereocenters. The van der Waals surface area contributed by atoms with Crippen LogP contribution in [0.25, 0.3) is 0 Å². The van der Waals surface area contributed by atoms with Crippen molar-refractivity contribution in [3.05, 3.63) is 94.0 Å². The number of halogens is 1. The van der Waals surface area contributed by atoms with Crippen LogP contribution in [0.1, 0.15) is 42.5 Å². The second-order valence-electron chi connectivity index (χ2n) is 8.29. The quantitative estimate of drug-likeness (QED) is 0.448. The van der Waals surface area contributed by atoms with Gasteiger partial charge in [-0.3, -0.25) is 9.10 Å². The Hall–Kier alpha value is -2.64. The first-order chi connectivity index (χ1) is 15.8. The molecular weight excluding hydrogens is 500 g/mol. The van der Waals surface area contributed by atoms with Gasteiger partial charge in [0.25, 0.3) is 10.0 Å². The number of aryl methyl sites for hydroxylation is 2. The highest BCUT2D eigenvalue weighted by Gasteiger charge is 2.28. The molecule has 0 spiro atoms. The fraction of sp³-hybridized carbons (Fsp3) is 0.269. The maximum Gasteiger partial charge on any atom is 0.264 e. The number of fused-ring (bicyclic) bond motifs is 1. The van der Waals surface area contributed by atoms with Crippen molar-refractivity contribution in [2.24, 2.45) is 0 Å². The molecule has 3 aromatic carbocycles. The number of nitrogens with one attached hydrogen (secondary N) is 1. The maximum absolute atomic E-state index is 13.3. The van der Waals surface area contributed by atoms with Crippen LogP contribution in [0.15, 0.2) is 82.2 Å². The van der Waals surface area contributed by atoms with Crippen LogP contribution in [0.5, 0.6) is 0 Å². The van der Waals surface area contributed by atoms with E-state index in [1.807, 2.05) is 55.5 Å². The van der Waals surface area contributed by atoms with Gasteiger partial charge in [-0.15, -0.1) is 0 Å². The Kier molecular flexibility index (Phi) is 7.20. The van der Waals surface area contributed by atoms with Crippen molar-refractivity contribution in [2.75, 3.05) is 10.8 Å². The van der Waals surface area contributed by atoms with E-state index in [9.17, 15) is 13.2 Å². The molecule has 1 aliphatic heterocycles. The highest BCUT2D eigenvalue weighted by atomic mass is 79.9. The summed E-state index contributed by atoms with van der Waals surface area (Å²) in [5.74, 6) is -0.0351. The van der Waals surface area contributed by atoms with E-state index in [1.54, 1.807) is 24.3 Å². The molecule has 0 saturated heterocycles. The van der Waals surface area contributed by atoms with E-state index < -0.39 is 10.0 Å². The summed E-state index contributed by atoms with van der Waals surface area (Å²) in [5.41, 5.74) is 3.80.